The van der Waals surface area contributed by atoms with Gasteiger partial charge in [-0.15, -0.1) is 0 Å². The minimum absolute atomic E-state index is 0.0684. The average molecular weight is 233 g/mol. The number of nitro benzene ring substituents is 1. The Morgan fingerprint density at radius 1 is 1.59 bits per heavy atom. The van der Waals surface area contributed by atoms with E-state index in [4.69, 9.17) is 10.00 Å². The minimum Gasteiger partial charge on any atom is -0.379 e. The van der Waals surface area contributed by atoms with Gasteiger partial charge >= 0.3 is 5.69 Å². The van der Waals surface area contributed by atoms with Crippen molar-refractivity contribution < 1.29 is 9.66 Å². The summed E-state index contributed by atoms with van der Waals surface area (Å²) in [5.41, 5.74) is 0.283. The van der Waals surface area contributed by atoms with Crippen LogP contribution in [0.3, 0.4) is 0 Å². The van der Waals surface area contributed by atoms with Crippen LogP contribution >= 0.6 is 0 Å². The Bertz CT molecular complexity index is 475. The van der Waals surface area contributed by atoms with E-state index in [-0.39, 0.29) is 17.3 Å². The molecule has 6 nitrogen and oxygen atoms in total. The highest BCUT2D eigenvalue weighted by molar-refractivity contribution is 5.68. The summed E-state index contributed by atoms with van der Waals surface area (Å²) >= 11 is 0. The number of ether oxygens (including phenoxy) is 1. The van der Waals surface area contributed by atoms with Crippen LogP contribution in [0, 0.1) is 21.4 Å². The van der Waals surface area contributed by atoms with Gasteiger partial charge in [-0.25, -0.2) is 0 Å². The highest BCUT2D eigenvalue weighted by atomic mass is 16.6. The lowest BCUT2D eigenvalue weighted by Gasteiger charge is -2.12. The molecule has 0 amide bonds. The predicted molar refractivity (Wildman–Crippen MR) is 60.7 cm³/mol. The van der Waals surface area contributed by atoms with Gasteiger partial charge in [0.15, 0.2) is 0 Å². The van der Waals surface area contributed by atoms with Gasteiger partial charge in [-0.2, -0.15) is 5.26 Å². The second-order valence-electron chi connectivity index (χ2n) is 3.78. The van der Waals surface area contributed by atoms with Crippen LogP contribution in [-0.2, 0) is 4.74 Å². The van der Waals surface area contributed by atoms with Crippen molar-refractivity contribution in [2.45, 2.75) is 12.5 Å². The molecule has 1 fully saturated rings. The molecule has 0 aromatic heterocycles. The SMILES string of the molecule is N#Cc1cccc(NC2CCOC2)c1[N+](=O)[O-]. The molecule has 1 aromatic rings. The number of nitrogens with one attached hydrogen (secondary N) is 1. The molecule has 2 rings (SSSR count). The van der Waals surface area contributed by atoms with E-state index >= 15 is 0 Å². The Morgan fingerprint density at radius 3 is 3.00 bits per heavy atom. The zero-order valence-corrected chi connectivity index (χ0v) is 9.05. The summed E-state index contributed by atoms with van der Waals surface area (Å²) in [6.45, 7) is 1.19. The molecule has 6 heteroatoms. The highest BCUT2D eigenvalue weighted by Gasteiger charge is 2.23. The van der Waals surface area contributed by atoms with Crippen LogP contribution in [0.1, 0.15) is 12.0 Å². The Morgan fingerprint density at radius 2 is 2.41 bits per heavy atom. The summed E-state index contributed by atoms with van der Waals surface area (Å²) in [5.74, 6) is 0. The van der Waals surface area contributed by atoms with E-state index in [1.54, 1.807) is 12.1 Å². The monoisotopic (exact) mass is 233 g/mol. The van der Waals surface area contributed by atoms with Crippen molar-refractivity contribution >= 4 is 11.4 Å². The summed E-state index contributed by atoms with van der Waals surface area (Å²) in [6.07, 6.45) is 0.813. The van der Waals surface area contributed by atoms with Crippen LogP contribution < -0.4 is 5.32 Å². The van der Waals surface area contributed by atoms with Crippen molar-refractivity contribution in [1.29, 1.82) is 5.26 Å². The molecule has 0 saturated carbocycles. The van der Waals surface area contributed by atoms with Crippen LogP contribution in [0.2, 0.25) is 0 Å². The summed E-state index contributed by atoms with van der Waals surface area (Å²) in [5, 5.41) is 22.9. The summed E-state index contributed by atoms with van der Waals surface area (Å²) in [6, 6.07) is 6.58. The lowest BCUT2D eigenvalue weighted by Crippen LogP contribution is -2.19. The summed E-state index contributed by atoms with van der Waals surface area (Å²) in [7, 11) is 0. The normalized spacial score (nSPS) is 18.6. The van der Waals surface area contributed by atoms with Crippen LogP contribution in [0.5, 0.6) is 0 Å². The molecular weight excluding hydrogens is 222 g/mol. The minimum atomic E-state index is -0.531. The van der Waals surface area contributed by atoms with Crippen LogP contribution in [-0.4, -0.2) is 24.2 Å². The standard InChI is InChI=1S/C11H11N3O3/c12-6-8-2-1-3-10(11(8)14(15)16)13-9-4-5-17-7-9/h1-3,9,13H,4-5,7H2. The molecule has 1 heterocycles. The third-order valence-corrected chi connectivity index (χ3v) is 2.63. The lowest BCUT2D eigenvalue weighted by molar-refractivity contribution is -0.384. The number of rotatable bonds is 3. The Labute approximate surface area is 98.0 Å². The van der Waals surface area contributed by atoms with Gasteiger partial charge in [-0.05, 0) is 18.6 Å². The fourth-order valence-corrected chi connectivity index (χ4v) is 1.82. The first-order chi connectivity index (χ1) is 8.22. The number of nitro groups is 1. The number of hydrogen-bond acceptors (Lipinski definition) is 5. The van der Waals surface area contributed by atoms with Gasteiger partial charge in [-0.1, -0.05) is 6.07 Å². The molecular formula is C11H11N3O3. The van der Waals surface area contributed by atoms with E-state index < -0.39 is 4.92 Å². The van der Waals surface area contributed by atoms with Gasteiger partial charge < -0.3 is 10.1 Å². The molecule has 1 atom stereocenters. The third-order valence-electron chi connectivity index (χ3n) is 2.63. The first kappa shape index (κ1) is 11.4. The van der Waals surface area contributed by atoms with Gasteiger partial charge in [0.2, 0.25) is 0 Å². The number of benzene rings is 1. The fourth-order valence-electron chi connectivity index (χ4n) is 1.82. The number of nitrogens with zero attached hydrogens (tertiary/aromatic N) is 2. The molecule has 1 saturated heterocycles. The number of nitriles is 1. The van der Waals surface area contributed by atoms with Crippen molar-refractivity contribution in [3.05, 3.63) is 33.9 Å². The molecule has 0 spiro atoms. The molecule has 0 bridgehead atoms. The van der Waals surface area contributed by atoms with E-state index in [2.05, 4.69) is 5.32 Å². The van der Waals surface area contributed by atoms with E-state index in [1.807, 2.05) is 6.07 Å². The first-order valence-electron chi connectivity index (χ1n) is 5.24. The van der Waals surface area contributed by atoms with Gasteiger partial charge in [0.05, 0.1) is 17.6 Å². The summed E-state index contributed by atoms with van der Waals surface area (Å²) < 4.78 is 5.19. The van der Waals surface area contributed by atoms with Crippen LogP contribution in [0.4, 0.5) is 11.4 Å². The molecule has 1 unspecified atom stereocenters. The fraction of sp³-hybridized carbons (Fsp3) is 0.364. The van der Waals surface area contributed by atoms with Crippen molar-refractivity contribution in [1.82, 2.24) is 0 Å². The van der Waals surface area contributed by atoms with E-state index in [1.165, 1.54) is 6.07 Å². The van der Waals surface area contributed by atoms with E-state index in [9.17, 15) is 10.1 Å². The Balaban J connectivity index is 2.32. The van der Waals surface area contributed by atoms with Gasteiger partial charge in [-0.3, -0.25) is 10.1 Å². The van der Waals surface area contributed by atoms with E-state index in [0.29, 0.717) is 18.9 Å². The molecule has 1 aliphatic heterocycles. The molecule has 88 valence electrons. The molecule has 17 heavy (non-hydrogen) atoms. The maximum atomic E-state index is 11.0. The number of para-hydroxylation sites is 1. The Kier molecular flexibility index (Phi) is 3.21. The van der Waals surface area contributed by atoms with Crippen molar-refractivity contribution in [2.75, 3.05) is 18.5 Å². The lowest BCUT2D eigenvalue weighted by atomic mass is 10.1. The Hall–Kier alpha value is -2.13. The second-order valence-corrected chi connectivity index (χ2v) is 3.78. The molecule has 1 aromatic carbocycles. The maximum Gasteiger partial charge on any atom is 0.309 e. The highest BCUT2D eigenvalue weighted by Crippen LogP contribution is 2.29. The topological polar surface area (TPSA) is 88.2 Å². The number of anilines is 1. The summed E-state index contributed by atoms with van der Waals surface area (Å²) in [4.78, 5) is 10.4. The van der Waals surface area contributed by atoms with Gasteiger partial charge in [0, 0.05) is 6.61 Å². The second kappa shape index (κ2) is 4.80. The zero-order valence-electron chi connectivity index (χ0n) is 9.05. The van der Waals surface area contributed by atoms with Crippen molar-refractivity contribution in [3.8, 4) is 6.07 Å². The largest absolute Gasteiger partial charge is 0.379 e. The first-order valence-corrected chi connectivity index (χ1v) is 5.24. The van der Waals surface area contributed by atoms with Gasteiger partial charge in [0.1, 0.15) is 17.3 Å². The molecule has 1 N–H and O–H groups in total. The quantitative estimate of drug-likeness (QED) is 0.633. The van der Waals surface area contributed by atoms with Crippen molar-refractivity contribution in [3.63, 3.8) is 0 Å². The van der Waals surface area contributed by atoms with Gasteiger partial charge in [0.25, 0.3) is 0 Å². The van der Waals surface area contributed by atoms with Crippen LogP contribution in [0.15, 0.2) is 18.2 Å². The zero-order chi connectivity index (χ0) is 12.3. The van der Waals surface area contributed by atoms with Crippen LogP contribution in [0.25, 0.3) is 0 Å². The average Bonchev–Trinajstić information content (AvgIpc) is 2.81. The molecule has 0 radical (unpaired) electrons. The third kappa shape index (κ3) is 2.34. The predicted octanol–water partition coefficient (Wildman–Crippen LogP) is 1.67. The molecule has 0 aliphatic carbocycles. The maximum absolute atomic E-state index is 11.0. The van der Waals surface area contributed by atoms with E-state index in [0.717, 1.165) is 6.42 Å². The number of hydrogen-bond donors (Lipinski definition) is 1. The smallest absolute Gasteiger partial charge is 0.309 e. The molecule has 1 aliphatic rings. The van der Waals surface area contributed by atoms with Crippen molar-refractivity contribution in [2.24, 2.45) is 0 Å².